The maximum atomic E-state index is 12.3. The topological polar surface area (TPSA) is 44.3 Å². The molecule has 5 nitrogen and oxygen atoms in total. The second-order valence-electron chi connectivity index (χ2n) is 6.70. The fourth-order valence-electron chi connectivity index (χ4n) is 2.94. The summed E-state index contributed by atoms with van der Waals surface area (Å²) in [5.74, 6) is 0.641. The molecule has 0 bridgehead atoms. The molecular weight excluding hydrogens is 468 g/mol. The van der Waals surface area contributed by atoms with Gasteiger partial charge >= 0.3 is 0 Å². The SMILES string of the molecule is C=CCOC(Cn1cc[n+](CC(=O)COc2ccc(Br)cc2)c1)c1ccccc1Cl. The summed E-state index contributed by atoms with van der Waals surface area (Å²) in [6, 6.07) is 15.0. The molecule has 0 aliphatic heterocycles. The summed E-state index contributed by atoms with van der Waals surface area (Å²) < 4.78 is 16.2. The summed E-state index contributed by atoms with van der Waals surface area (Å²) in [4.78, 5) is 12.3. The molecular formula is C23H23BrClN2O3+. The van der Waals surface area contributed by atoms with Crippen molar-refractivity contribution in [2.75, 3.05) is 13.2 Å². The molecule has 1 aromatic heterocycles. The van der Waals surface area contributed by atoms with Crippen LogP contribution < -0.4 is 9.30 Å². The van der Waals surface area contributed by atoms with Crippen LogP contribution in [0, 0.1) is 0 Å². The van der Waals surface area contributed by atoms with Gasteiger partial charge in [-0.2, -0.15) is 0 Å². The molecule has 0 aliphatic carbocycles. The molecule has 1 atom stereocenters. The van der Waals surface area contributed by atoms with Gasteiger partial charge in [-0.1, -0.05) is 51.8 Å². The fourth-order valence-corrected chi connectivity index (χ4v) is 3.46. The minimum atomic E-state index is -0.228. The number of carbonyl (C=O) groups excluding carboxylic acids is 1. The number of ether oxygens (including phenoxy) is 2. The molecule has 2 aromatic carbocycles. The molecule has 0 fully saturated rings. The largest absolute Gasteiger partial charge is 0.486 e. The van der Waals surface area contributed by atoms with Crippen molar-refractivity contribution in [3.63, 3.8) is 0 Å². The monoisotopic (exact) mass is 489 g/mol. The van der Waals surface area contributed by atoms with Crippen molar-refractivity contribution in [1.82, 2.24) is 4.57 Å². The highest BCUT2D eigenvalue weighted by molar-refractivity contribution is 9.10. The zero-order chi connectivity index (χ0) is 21.3. The third-order valence-electron chi connectivity index (χ3n) is 4.36. The third-order valence-corrected chi connectivity index (χ3v) is 5.24. The molecule has 7 heteroatoms. The van der Waals surface area contributed by atoms with Crippen LogP contribution in [0.25, 0.3) is 0 Å². The summed E-state index contributed by atoms with van der Waals surface area (Å²) in [7, 11) is 0. The second kappa shape index (κ2) is 11.1. The first-order valence-electron chi connectivity index (χ1n) is 9.47. The van der Waals surface area contributed by atoms with Gasteiger partial charge in [0.2, 0.25) is 12.1 Å². The van der Waals surface area contributed by atoms with Gasteiger partial charge in [0.15, 0.2) is 13.2 Å². The van der Waals surface area contributed by atoms with Gasteiger partial charge in [0.1, 0.15) is 30.8 Å². The number of nitrogens with zero attached hydrogens (tertiary/aromatic N) is 2. The van der Waals surface area contributed by atoms with Crippen LogP contribution in [0.1, 0.15) is 11.7 Å². The number of imidazole rings is 1. The van der Waals surface area contributed by atoms with E-state index in [0.29, 0.717) is 23.9 Å². The smallest absolute Gasteiger partial charge is 0.244 e. The molecule has 3 aromatic rings. The van der Waals surface area contributed by atoms with Crippen LogP contribution in [-0.2, 0) is 22.6 Å². The van der Waals surface area contributed by atoms with Gasteiger partial charge in [-0.25, -0.2) is 9.13 Å². The molecule has 0 saturated carbocycles. The summed E-state index contributed by atoms with van der Waals surface area (Å²) >= 11 is 9.72. The Kier molecular flexibility index (Phi) is 8.25. The molecule has 0 amide bonds. The Morgan fingerprint density at radius 3 is 2.73 bits per heavy atom. The predicted molar refractivity (Wildman–Crippen MR) is 120 cm³/mol. The Hall–Kier alpha value is -2.41. The van der Waals surface area contributed by atoms with E-state index >= 15 is 0 Å². The molecule has 0 spiro atoms. The zero-order valence-electron chi connectivity index (χ0n) is 16.4. The average molecular weight is 491 g/mol. The van der Waals surface area contributed by atoms with E-state index < -0.39 is 0 Å². The number of hydrogen-bond acceptors (Lipinski definition) is 3. The highest BCUT2D eigenvalue weighted by Gasteiger charge is 2.19. The first-order chi connectivity index (χ1) is 14.5. The number of benzene rings is 2. The molecule has 30 heavy (non-hydrogen) atoms. The molecule has 1 heterocycles. The van der Waals surface area contributed by atoms with E-state index in [2.05, 4.69) is 22.5 Å². The van der Waals surface area contributed by atoms with Crippen LogP contribution in [0.15, 0.2) is 84.4 Å². The number of carbonyl (C=O) groups is 1. The van der Waals surface area contributed by atoms with Crippen molar-refractivity contribution in [2.45, 2.75) is 19.2 Å². The van der Waals surface area contributed by atoms with E-state index in [9.17, 15) is 4.79 Å². The van der Waals surface area contributed by atoms with Crippen LogP contribution in [0.2, 0.25) is 5.02 Å². The first kappa shape index (κ1) is 22.3. The molecule has 0 aliphatic rings. The zero-order valence-corrected chi connectivity index (χ0v) is 18.8. The second-order valence-corrected chi connectivity index (χ2v) is 8.02. The Labute approximate surface area is 189 Å². The van der Waals surface area contributed by atoms with E-state index in [0.717, 1.165) is 10.0 Å². The van der Waals surface area contributed by atoms with Crippen molar-refractivity contribution in [1.29, 1.82) is 0 Å². The minimum absolute atomic E-state index is 0.0184. The maximum Gasteiger partial charge on any atom is 0.244 e. The van der Waals surface area contributed by atoms with Gasteiger partial charge in [-0.3, -0.25) is 4.79 Å². The van der Waals surface area contributed by atoms with Gasteiger partial charge in [0.25, 0.3) is 0 Å². The van der Waals surface area contributed by atoms with Crippen molar-refractivity contribution >= 4 is 33.3 Å². The van der Waals surface area contributed by atoms with Crippen LogP contribution >= 0.6 is 27.5 Å². The van der Waals surface area contributed by atoms with E-state index in [1.807, 2.05) is 76.4 Å². The van der Waals surface area contributed by atoms with Crippen LogP contribution in [0.3, 0.4) is 0 Å². The lowest BCUT2D eigenvalue weighted by Crippen LogP contribution is -2.37. The quantitative estimate of drug-likeness (QED) is 0.287. The average Bonchev–Trinajstić information content (AvgIpc) is 3.18. The predicted octanol–water partition coefficient (Wildman–Crippen LogP) is 4.78. The van der Waals surface area contributed by atoms with E-state index in [4.69, 9.17) is 21.1 Å². The highest BCUT2D eigenvalue weighted by atomic mass is 79.9. The molecule has 1 unspecified atom stereocenters. The first-order valence-corrected chi connectivity index (χ1v) is 10.6. The summed E-state index contributed by atoms with van der Waals surface area (Å²) in [6.45, 7) is 4.95. The van der Waals surface area contributed by atoms with Gasteiger partial charge in [0, 0.05) is 15.1 Å². The van der Waals surface area contributed by atoms with E-state index in [-0.39, 0.29) is 25.0 Å². The lowest BCUT2D eigenvalue weighted by molar-refractivity contribution is -0.683. The number of halogens is 2. The van der Waals surface area contributed by atoms with Crippen molar-refractivity contribution in [3.05, 3.63) is 95.0 Å². The minimum Gasteiger partial charge on any atom is -0.486 e. The lowest BCUT2D eigenvalue weighted by atomic mass is 10.1. The van der Waals surface area contributed by atoms with Crippen LogP contribution in [-0.4, -0.2) is 23.6 Å². The maximum absolute atomic E-state index is 12.3. The molecule has 3 rings (SSSR count). The van der Waals surface area contributed by atoms with Crippen molar-refractivity contribution in [3.8, 4) is 5.75 Å². The molecule has 0 saturated heterocycles. The Bertz CT molecular complexity index is 988. The van der Waals surface area contributed by atoms with E-state index in [1.165, 1.54) is 0 Å². The number of ketones is 1. The highest BCUT2D eigenvalue weighted by Crippen LogP contribution is 2.26. The van der Waals surface area contributed by atoms with Crippen LogP contribution in [0.4, 0.5) is 0 Å². The van der Waals surface area contributed by atoms with Crippen LogP contribution in [0.5, 0.6) is 5.75 Å². The summed E-state index contributed by atoms with van der Waals surface area (Å²) in [5, 5.41) is 0.659. The van der Waals surface area contributed by atoms with Gasteiger partial charge < -0.3 is 9.47 Å². The molecule has 156 valence electrons. The van der Waals surface area contributed by atoms with Crippen molar-refractivity contribution < 1.29 is 18.8 Å². The van der Waals surface area contributed by atoms with Crippen molar-refractivity contribution in [2.24, 2.45) is 0 Å². The Balaban J connectivity index is 1.58. The van der Waals surface area contributed by atoms with Gasteiger partial charge in [-0.05, 0) is 30.3 Å². The standard InChI is InChI=1S/C23H23BrClN2O3/c1-2-13-29-23(21-5-3-4-6-22(21)25)15-27-12-11-26(17-27)14-19(28)16-30-20-9-7-18(24)8-10-20/h2-12,17,23H,1,13-16H2/q+1. The fraction of sp³-hybridized carbons (Fsp3) is 0.217. The molecule has 0 radical (unpaired) electrons. The van der Waals surface area contributed by atoms with E-state index in [1.54, 1.807) is 6.08 Å². The van der Waals surface area contributed by atoms with Gasteiger partial charge in [-0.15, -0.1) is 6.58 Å². The number of aromatic nitrogens is 2. The summed E-state index contributed by atoms with van der Waals surface area (Å²) in [6.07, 6.45) is 7.12. The Morgan fingerprint density at radius 1 is 1.23 bits per heavy atom. The van der Waals surface area contributed by atoms with Gasteiger partial charge in [0.05, 0.1) is 6.61 Å². The molecule has 0 N–H and O–H groups in total. The number of Topliss-reactive ketones (excluding diaryl/α,β-unsaturated/α-hetero) is 1. The number of hydrogen-bond donors (Lipinski definition) is 0. The normalized spacial score (nSPS) is 11.8. The third kappa shape index (κ3) is 6.55. The number of rotatable bonds is 11. The summed E-state index contributed by atoms with van der Waals surface area (Å²) in [5.41, 5.74) is 0.917. The Morgan fingerprint density at radius 2 is 2.00 bits per heavy atom. The lowest BCUT2D eigenvalue weighted by Gasteiger charge is -2.17.